The molecule has 1 aromatic heterocycles. The minimum atomic E-state index is 0.630. The highest BCUT2D eigenvalue weighted by Gasteiger charge is 2.12. The molecule has 0 aliphatic heterocycles. The maximum Gasteiger partial charge on any atom is 0.152 e. The Bertz CT molecular complexity index is 580. The van der Waals surface area contributed by atoms with Crippen LogP contribution in [0.2, 0.25) is 5.02 Å². The normalized spacial score (nSPS) is 10.7. The molecule has 0 saturated carbocycles. The highest BCUT2D eigenvalue weighted by molar-refractivity contribution is 9.10. The van der Waals surface area contributed by atoms with Crippen molar-refractivity contribution < 1.29 is 0 Å². The lowest BCUT2D eigenvalue weighted by Crippen LogP contribution is -2.04. The fourth-order valence-corrected chi connectivity index (χ4v) is 2.40. The van der Waals surface area contributed by atoms with Crippen LogP contribution in [0.4, 0.5) is 17.2 Å². The van der Waals surface area contributed by atoms with E-state index in [1.165, 1.54) is 0 Å². The fraction of sp³-hybridized carbons (Fsp3) is 0.250. The Labute approximate surface area is 119 Å². The summed E-state index contributed by atoms with van der Waals surface area (Å²) in [6.07, 6.45) is 0. The summed E-state index contributed by atoms with van der Waals surface area (Å²) in [5.74, 6) is 0.777. The van der Waals surface area contributed by atoms with Crippen LogP contribution in [0.1, 0.15) is 12.6 Å². The average molecular weight is 330 g/mol. The predicted octanol–water partition coefficient (Wildman–Crippen LogP) is 3.95. The summed E-state index contributed by atoms with van der Waals surface area (Å²) in [7, 11) is 0. The predicted molar refractivity (Wildman–Crippen MR) is 79.5 cm³/mol. The highest BCUT2D eigenvalue weighted by atomic mass is 79.9. The van der Waals surface area contributed by atoms with Crippen molar-refractivity contribution in [3.05, 3.63) is 33.4 Å². The van der Waals surface area contributed by atoms with Crippen molar-refractivity contribution in [1.82, 2.24) is 9.78 Å². The molecule has 1 aromatic carbocycles. The van der Waals surface area contributed by atoms with E-state index in [1.54, 1.807) is 0 Å². The first kappa shape index (κ1) is 13.2. The van der Waals surface area contributed by atoms with Gasteiger partial charge in [0, 0.05) is 11.0 Å². The molecule has 0 atom stereocenters. The number of hydrogen-bond acceptors (Lipinski definition) is 3. The molecule has 96 valence electrons. The second kappa shape index (κ2) is 5.20. The summed E-state index contributed by atoms with van der Waals surface area (Å²) in [4.78, 5) is 0. The monoisotopic (exact) mass is 328 g/mol. The van der Waals surface area contributed by atoms with Gasteiger partial charge in [-0.15, -0.1) is 0 Å². The molecule has 0 fully saturated rings. The van der Waals surface area contributed by atoms with Crippen LogP contribution in [-0.4, -0.2) is 9.78 Å². The van der Waals surface area contributed by atoms with E-state index in [-0.39, 0.29) is 0 Å². The van der Waals surface area contributed by atoms with Crippen LogP contribution in [0, 0.1) is 6.92 Å². The van der Waals surface area contributed by atoms with Gasteiger partial charge in [-0.3, -0.25) is 0 Å². The van der Waals surface area contributed by atoms with Crippen molar-refractivity contribution in [2.45, 2.75) is 20.4 Å². The number of halogens is 2. The Balaban J connectivity index is 2.39. The summed E-state index contributed by atoms with van der Waals surface area (Å²) in [6.45, 7) is 4.64. The number of aryl methyl sites for hydroxylation is 2. The molecule has 18 heavy (non-hydrogen) atoms. The third-order valence-corrected chi connectivity index (χ3v) is 3.46. The van der Waals surface area contributed by atoms with Crippen LogP contribution in [-0.2, 0) is 6.54 Å². The third-order valence-electron chi connectivity index (χ3n) is 2.66. The molecule has 0 amide bonds. The van der Waals surface area contributed by atoms with Crippen LogP contribution in [0.25, 0.3) is 0 Å². The molecule has 0 radical (unpaired) electrons. The lowest BCUT2D eigenvalue weighted by molar-refractivity contribution is 0.661. The largest absolute Gasteiger partial charge is 0.394 e. The molecular formula is C12H14BrClN4. The number of nitrogens with zero attached hydrogens (tertiary/aromatic N) is 2. The lowest BCUT2D eigenvalue weighted by Gasteiger charge is -2.11. The molecule has 0 spiro atoms. The van der Waals surface area contributed by atoms with Crippen LogP contribution in [0.15, 0.2) is 22.7 Å². The minimum absolute atomic E-state index is 0.630. The van der Waals surface area contributed by atoms with Crippen molar-refractivity contribution in [2.24, 2.45) is 0 Å². The Hall–Kier alpha value is -1.20. The van der Waals surface area contributed by atoms with Gasteiger partial charge in [0.25, 0.3) is 0 Å². The van der Waals surface area contributed by atoms with Gasteiger partial charge in [-0.1, -0.05) is 27.5 Å². The highest BCUT2D eigenvalue weighted by Crippen LogP contribution is 2.31. The summed E-state index contributed by atoms with van der Waals surface area (Å²) in [6, 6.07) is 5.65. The fourth-order valence-electron chi connectivity index (χ4n) is 1.67. The lowest BCUT2D eigenvalue weighted by atomic mass is 10.3. The third kappa shape index (κ3) is 2.47. The zero-order valence-electron chi connectivity index (χ0n) is 10.2. The van der Waals surface area contributed by atoms with Gasteiger partial charge < -0.3 is 11.1 Å². The number of anilines is 3. The number of rotatable bonds is 3. The Morgan fingerprint density at radius 3 is 2.83 bits per heavy atom. The van der Waals surface area contributed by atoms with E-state index < -0.39 is 0 Å². The number of nitrogens with one attached hydrogen (secondary N) is 1. The van der Waals surface area contributed by atoms with Crippen molar-refractivity contribution in [3.8, 4) is 0 Å². The molecule has 3 N–H and O–H groups in total. The smallest absolute Gasteiger partial charge is 0.152 e. The number of benzene rings is 1. The number of nitrogens with two attached hydrogens (primary N) is 1. The van der Waals surface area contributed by atoms with E-state index in [9.17, 15) is 0 Å². The first-order valence-corrected chi connectivity index (χ1v) is 6.75. The SMILES string of the molecule is CCn1nc(C)c(N)c1Nc1ccc(Br)cc1Cl. The molecule has 4 nitrogen and oxygen atoms in total. The summed E-state index contributed by atoms with van der Waals surface area (Å²) >= 11 is 9.55. The van der Waals surface area contributed by atoms with E-state index in [0.717, 1.165) is 28.2 Å². The summed E-state index contributed by atoms with van der Waals surface area (Å²) in [5.41, 5.74) is 8.28. The zero-order valence-corrected chi connectivity index (χ0v) is 12.5. The standard InChI is InChI=1S/C12H14BrClN4/c1-3-18-12(11(15)7(2)17-18)16-10-5-4-8(13)6-9(10)14/h4-6,16H,3,15H2,1-2H3. The first-order valence-electron chi connectivity index (χ1n) is 5.58. The zero-order chi connectivity index (χ0) is 13.3. The second-order valence-corrected chi connectivity index (χ2v) is 5.24. The molecule has 1 heterocycles. The van der Waals surface area contributed by atoms with Crippen molar-refractivity contribution in [2.75, 3.05) is 11.1 Å². The molecule has 2 aromatic rings. The molecule has 6 heteroatoms. The molecule has 0 bridgehead atoms. The first-order chi connectivity index (χ1) is 8.52. The van der Waals surface area contributed by atoms with Crippen molar-refractivity contribution in [1.29, 1.82) is 0 Å². The maximum atomic E-state index is 6.17. The Morgan fingerprint density at radius 1 is 1.50 bits per heavy atom. The minimum Gasteiger partial charge on any atom is -0.394 e. The molecule has 2 rings (SSSR count). The van der Waals surface area contributed by atoms with Crippen LogP contribution in [0.3, 0.4) is 0 Å². The number of nitrogen functional groups attached to an aromatic ring is 1. The topological polar surface area (TPSA) is 55.9 Å². The van der Waals surface area contributed by atoms with Gasteiger partial charge in [0.15, 0.2) is 5.82 Å². The Kier molecular flexibility index (Phi) is 3.82. The van der Waals surface area contributed by atoms with Crippen LogP contribution in [0.5, 0.6) is 0 Å². The van der Waals surface area contributed by atoms with Gasteiger partial charge in [-0.2, -0.15) is 5.10 Å². The Morgan fingerprint density at radius 2 is 2.22 bits per heavy atom. The maximum absolute atomic E-state index is 6.17. The van der Waals surface area contributed by atoms with Gasteiger partial charge in [-0.25, -0.2) is 4.68 Å². The van der Waals surface area contributed by atoms with E-state index >= 15 is 0 Å². The average Bonchev–Trinajstić information content (AvgIpc) is 2.60. The van der Waals surface area contributed by atoms with E-state index in [0.29, 0.717) is 10.7 Å². The molecule has 0 aliphatic rings. The number of hydrogen-bond donors (Lipinski definition) is 2. The van der Waals surface area contributed by atoms with Crippen LogP contribution >= 0.6 is 27.5 Å². The van der Waals surface area contributed by atoms with Gasteiger partial charge in [-0.05, 0) is 32.0 Å². The number of aromatic nitrogens is 2. The van der Waals surface area contributed by atoms with Gasteiger partial charge in [0.05, 0.1) is 22.1 Å². The van der Waals surface area contributed by atoms with Gasteiger partial charge >= 0.3 is 0 Å². The van der Waals surface area contributed by atoms with E-state index in [1.807, 2.05) is 36.7 Å². The van der Waals surface area contributed by atoms with Crippen molar-refractivity contribution in [3.63, 3.8) is 0 Å². The molecule has 0 aliphatic carbocycles. The van der Waals surface area contributed by atoms with E-state index in [4.69, 9.17) is 17.3 Å². The molecule has 0 saturated heterocycles. The van der Waals surface area contributed by atoms with Crippen molar-refractivity contribution >= 4 is 44.7 Å². The van der Waals surface area contributed by atoms with Crippen LogP contribution < -0.4 is 11.1 Å². The molecule has 0 unspecified atom stereocenters. The van der Waals surface area contributed by atoms with Gasteiger partial charge in [0.2, 0.25) is 0 Å². The quantitative estimate of drug-likeness (QED) is 0.896. The van der Waals surface area contributed by atoms with E-state index in [2.05, 4.69) is 26.3 Å². The van der Waals surface area contributed by atoms with Gasteiger partial charge in [0.1, 0.15) is 0 Å². The summed E-state index contributed by atoms with van der Waals surface area (Å²) < 4.78 is 2.76. The molecular weight excluding hydrogens is 316 g/mol. The summed E-state index contributed by atoms with van der Waals surface area (Å²) in [5, 5.41) is 8.21. The second-order valence-electron chi connectivity index (χ2n) is 3.91.